The van der Waals surface area contributed by atoms with Crippen LogP contribution in [0.4, 0.5) is 0 Å². The van der Waals surface area contributed by atoms with E-state index < -0.39 is 0 Å². The summed E-state index contributed by atoms with van der Waals surface area (Å²) >= 11 is 6.18. The first-order valence-corrected chi connectivity index (χ1v) is 6.63. The molecule has 1 aliphatic carbocycles. The van der Waals surface area contributed by atoms with E-state index >= 15 is 0 Å². The predicted molar refractivity (Wildman–Crippen MR) is 71.5 cm³/mol. The molecule has 1 fully saturated rings. The molecule has 17 heavy (non-hydrogen) atoms. The molecule has 0 radical (unpaired) electrons. The molecular weight excluding hydrogens is 234 g/mol. The third-order valence-electron chi connectivity index (χ3n) is 3.14. The van der Waals surface area contributed by atoms with Gasteiger partial charge < -0.3 is 10.1 Å². The molecule has 1 aliphatic rings. The smallest absolute Gasteiger partial charge is 0.0505 e. The van der Waals surface area contributed by atoms with E-state index in [9.17, 15) is 0 Å². The number of halogens is 1. The van der Waals surface area contributed by atoms with Crippen molar-refractivity contribution in [3.8, 4) is 0 Å². The van der Waals surface area contributed by atoms with Gasteiger partial charge in [-0.05, 0) is 36.8 Å². The maximum atomic E-state index is 6.18. The fourth-order valence-electron chi connectivity index (χ4n) is 2.02. The van der Waals surface area contributed by atoms with Gasteiger partial charge in [-0.15, -0.1) is 0 Å². The van der Waals surface area contributed by atoms with Gasteiger partial charge in [0.15, 0.2) is 0 Å². The van der Waals surface area contributed by atoms with Crippen LogP contribution < -0.4 is 5.32 Å². The third-order valence-corrected chi connectivity index (χ3v) is 3.51. The van der Waals surface area contributed by atoms with Crippen molar-refractivity contribution >= 4 is 11.6 Å². The topological polar surface area (TPSA) is 21.3 Å². The van der Waals surface area contributed by atoms with Crippen molar-refractivity contribution in [1.29, 1.82) is 0 Å². The molecular formula is C14H20ClNO. The van der Waals surface area contributed by atoms with E-state index in [1.165, 1.54) is 18.4 Å². The van der Waals surface area contributed by atoms with Crippen molar-refractivity contribution in [3.63, 3.8) is 0 Å². The van der Waals surface area contributed by atoms with Crippen LogP contribution in [0.25, 0.3) is 0 Å². The first-order valence-electron chi connectivity index (χ1n) is 6.25. The van der Waals surface area contributed by atoms with Crippen LogP contribution in [-0.4, -0.2) is 26.3 Å². The Morgan fingerprint density at radius 3 is 2.82 bits per heavy atom. The van der Waals surface area contributed by atoms with E-state index in [1.54, 1.807) is 7.11 Å². The summed E-state index contributed by atoms with van der Waals surface area (Å²) in [5.41, 5.74) is 1.22. The number of ether oxygens (including phenoxy) is 1. The van der Waals surface area contributed by atoms with E-state index in [4.69, 9.17) is 16.3 Å². The standard InChI is InChI=1S/C14H20ClNO/c1-17-10-11(9-16-13-6-7-13)8-12-4-2-3-5-14(12)15/h2-5,11,13,16H,6-10H2,1H3. The molecule has 0 aliphatic heterocycles. The van der Waals surface area contributed by atoms with Gasteiger partial charge in [0.05, 0.1) is 6.61 Å². The summed E-state index contributed by atoms with van der Waals surface area (Å²) in [6.07, 6.45) is 3.63. The van der Waals surface area contributed by atoms with Crippen LogP contribution in [0.5, 0.6) is 0 Å². The van der Waals surface area contributed by atoms with Crippen molar-refractivity contribution in [2.24, 2.45) is 5.92 Å². The van der Waals surface area contributed by atoms with Gasteiger partial charge in [0.1, 0.15) is 0 Å². The lowest BCUT2D eigenvalue weighted by Gasteiger charge is -2.17. The molecule has 2 nitrogen and oxygen atoms in total. The fraction of sp³-hybridized carbons (Fsp3) is 0.571. The zero-order valence-electron chi connectivity index (χ0n) is 10.3. The average Bonchev–Trinajstić information content (AvgIpc) is 3.13. The van der Waals surface area contributed by atoms with E-state index in [-0.39, 0.29) is 0 Å². The van der Waals surface area contributed by atoms with Crippen molar-refractivity contribution in [2.45, 2.75) is 25.3 Å². The van der Waals surface area contributed by atoms with E-state index in [0.717, 1.165) is 30.6 Å². The highest BCUT2D eigenvalue weighted by Crippen LogP contribution is 2.21. The Bertz CT molecular complexity index is 352. The zero-order valence-corrected chi connectivity index (χ0v) is 11.0. The molecule has 1 atom stereocenters. The molecule has 0 saturated heterocycles. The lowest BCUT2D eigenvalue weighted by Crippen LogP contribution is -2.28. The molecule has 3 heteroatoms. The number of hydrogen-bond acceptors (Lipinski definition) is 2. The second-order valence-corrected chi connectivity index (χ2v) is 5.21. The maximum absolute atomic E-state index is 6.18. The van der Waals surface area contributed by atoms with E-state index in [1.807, 2.05) is 18.2 Å². The number of benzene rings is 1. The first-order chi connectivity index (χ1) is 8.29. The molecule has 1 saturated carbocycles. The number of rotatable bonds is 7. The molecule has 2 rings (SSSR count). The van der Waals surface area contributed by atoms with Gasteiger partial charge in [0.2, 0.25) is 0 Å². The van der Waals surface area contributed by atoms with Crippen molar-refractivity contribution < 1.29 is 4.74 Å². The summed E-state index contributed by atoms with van der Waals surface area (Å²) in [5, 5.41) is 4.42. The summed E-state index contributed by atoms with van der Waals surface area (Å²) < 4.78 is 5.29. The first kappa shape index (κ1) is 12.9. The quantitative estimate of drug-likeness (QED) is 0.807. The normalized spacial score (nSPS) is 17.1. The maximum Gasteiger partial charge on any atom is 0.0505 e. The molecule has 0 heterocycles. The van der Waals surface area contributed by atoms with Crippen LogP contribution in [0.2, 0.25) is 5.02 Å². The monoisotopic (exact) mass is 253 g/mol. The Balaban J connectivity index is 1.88. The van der Waals surface area contributed by atoms with Crippen molar-refractivity contribution in [2.75, 3.05) is 20.3 Å². The van der Waals surface area contributed by atoms with Crippen LogP contribution in [0.15, 0.2) is 24.3 Å². The largest absolute Gasteiger partial charge is 0.384 e. The number of nitrogens with one attached hydrogen (secondary N) is 1. The summed E-state index contributed by atoms with van der Waals surface area (Å²) in [5.74, 6) is 0.500. The Labute approximate surface area is 108 Å². The molecule has 0 amide bonds. The minimum Gasteiger partial charge on any atom is -0.384 e. The summed E-state index contributed by atoms with van der Waals surface area (Å²) in [6, 6.07) is 8.82. The van der Waals surface area contributed by atoms with E-state index in [0.29, 0.717) is 5.92 Å². The lowest BCUT2D eigenvalue weighted by molar-refractivity contribution is 0.150. The molecule has 1 unspecified atom stereocenters. The summed E-state index contributed by atoms with van der Waals surface area (Å²) in [6.45, 7) is 1.80. The molecule has 0 bridgehead atoms. The Hall–Kier alpha value is -0.570. The predicted octanol–water partition coefficient (Wildman–Crippen LogP) is 2.90. The van der Waals surface area contributed by atoms with Crippen LogP contribution in [0.1, 0.15) is 18.4 Å². The van der Waals surface area contributed by atoms with Gasteiger partial charge >= 0.3 is 0 Å². The van der Waals surface area contributed by atoms with Crippen LogP contribution in [0.3, 0.4) is 0 Å². The number of hydrogen-bond donors (Lipinski definition) is 1. The van der Waals surface area contributed by atoms with Gasteiger partial charge in [0.25, 0.3) is 0 Å². The zero-order chi connectivity index (χ0) is 12.1. The third kappa shape index (κ3) is 4.30. The highest BCUT2D eigenvalue weighted by atomic mass is 35.5. The molecule has 1 aromatic carbocycles. The minimum absolute atomic E-state index is 0.500. The molecule has 1 N–H and O–H groups in total. The number of methoxy groups -OCH3 is 1. The highest BCUT2D eigenvalue weighted by Gasteiger charge is 2.22. The summed E-state index contributed by atoms with van der Waals surface area (Å²) in [4.78, 5) is 0. The van der Waals surface area contributed by atoms with E-state index in [2.05, 4.69) is 11.4 Å². The molecule has 0 spiro atoms. The summed E-state index contributed by atoms with van der Waals surface area (Å²) in [7, 11) is 1.76. The van der Waals surface area contributed by atoms with Crippen LogP contribution >= 0.6 is 11.6 Å². The highest BCUT2D eigenvalue weighted by molar-refractivity contribution is 6.31. The van der Waals surface area contributed by atoms with Crippen molar-refractivity contribution in [1.82, 2.24) is 5.32 Å². The van der Waals surface area contributed by atoms with Gasteiger partial charge in [-0.25, -0.2) is 0 Å². The second-order valence-electron chi connectivity index (χ2n) is 4.80. The lowest BCUT2D eigenvalue weighted by atomic mass is 10.00. The molecule has 1 aromatic rings. The van der Waals surface area contributed by atoms with Crippen LogP contribution in [0, 0.1) is 5.92 Å². The fourth-order valence-corrected chi connectivity index (χ4v) is 2.23. The SMILES string of the molecule is COCC(CNC1CC1)Cc1ccccc1Cl. The Kier molecular flexibility index (Phi) is 4.84. The Morgan fingerprint density at radius 1 is 1.41 bits per heavy atom. The van der Waals surface area contributed by atoms with Crippen LogP contribution in [-0.2, 0) is 11.2 Å². The average molecular weight is 254 g/mol. The van der Waals surface area contributed by atoms with Gasteiger partial charge in [-0.3, -0.25) is 0 Å². The minimum atomic E-state index is 0.500. The molecule has 94 valence electrons. The van der Waals surface area contributed by atoms with Gasteiger partial charge in [-0.1, -0.05) is 29.8 Å². The Morgan fingerprint density at radius 2 is 2.18 bits per heavy atom. The van der Waals surface area contributed by atoms with Gasteiger partial charge in [-0.2, -0.15) is 0 Å². The second kappa shape index (κ2) is 6.39. The van der Waals surface area contributed by atoms with Gasteiger partial charge in [0, 0.05) is 24.7 Å². The van der Waals surface area contributed by atoms with Crippen molar-refractivity contribution in [3.05, 3.63) is 34.9 Å². The molecule has 0 aromatic heterocycles.